The fourth-order valence-electron chi connectivity index (χ4n) is 1.40. The average molecular weight is 280 g/mol. The lowest BCUT2D eigenvalue weighted by molar-refractivity contribution is -0.117. The predicted molar refractivity (Wildman–Crippen MR) is 76.8 cm³/mol. The number of halogens is 1. The summed E-state index contributed by atoms with van der Waals surface area (Å²) in [5.74, 6) is -0.209. The van der Waals surface area contributed by atoms with Crippen molar-refractivity contribution in [1.29, 1.82) is 5.26 Å². The van der Waals surface area contributed by atoms with Crippen LogP contribution in [0.15, 0.2) is 18.2 Å². The Kier molecular flexibility index (Phi) is 4.93. The standard InChI is InChI=1S/C14H18ClN3O/c1-14(2,3)12(17)7-13(19)18-11-6-9(8-16)4-5-10(11)15/h4-6,12H,7,17H2,1-3H3,(H,18,19). The van der Waals surface area contributed by atoms with Gasteiger partial charge in [0.15, 0.2) is 0 Å². The summed E-state index contributed by atoms with van der Waals surface area (Å²) in [5.41, 5.74) is 6.69. The maximum atomic E-state index is 11.9. The van der Waals surface area contributed by atoms with E-state index in [9.17, 15) is 4.79 Å². The summed E-state index contributed by atoms with van der Waals surface area (Å²) in [6.07, 6.45) is 0.205. The third kappa shape index (κ3) is 4.55. The summed E-state index contributed by atoms with van der Waals surface area (Å²) in [7, 11) is 0. The lowest BCUT2D eigenvalue weighted by Crippen LogP contribution is -2.38. The van der Waals surface area contributed by atoms with Crippen molar-refractivity contribution < 1.29 is 4.79 Å². The number of carbonyl (C=O) groups excluding carboxylic acids is 1. The van der Waals surface area contributed by atoms with E-state index >= 15 is 0 Å². The van der Waals surface area contributed by atoms with Gasteiger partial charge in [0.2, 0.25) is 5.91 Å². The van der Waals surface area contributed by atoms with Crippen molar-refractivity contribution in [3.05, 3.63) is 28.8 Å². The number of hydrogen-bond acceptors (Lipinski definition) is 3. The first-order valence-electron chi connectivity index (χ1n) is 5.99. The number of anilines is 1. The Labute approximate surface area is 118 Å². The van der Waals surface area contributed by atoms with Crippen molar-refractivity contribution in [2.45, 2.75) is 33.2 Å². The number of nitrogens with two attached hydrogens (primary N) is 1. The van der Waals surface area contributed by atoms with Crippen LogP contribution in [0.25, 0.3) is 0 Å². The van der Waals surface area contributed by atoms with Gasteiger partial charge in [0, 0.05) is 12.5 Å². The zero-order valence-corrected chi connectivity index (χ0v) is 12.1. The minimum absolute atomic E-state index is 0.143. The smallest absolute Gasteiger partial charge is 0.225 e. The van der Waals surface area contributed by atoms with Crippen molar-refractivity contribution in [3.8, 4) is 6.07 Å². The van der Waals surface area contributed by atoms with Gasteiger partial charge >= 0.3 is 0 Å². The molecule has 5 heteroatoms. The number of hydrogen-bond donors (Lipinski definition) is 2. The molecule has 3 N–H and O–H groups in total. The minimum atomic E-state index is -0.245. The predicted octanol–water partition coefficient (Wildman–Crippen LogP) is 2.91. The Morgan fingerprint density at radius 2 is 2.16 bits per heavy atom. The summed E-state index contributed by atoms with van der Waals surface area (Å²) >= 11 is 5.97. The van der Waals surface area contributed by atoms with Crippen LogP contribution in [0.5, 0.6) is 0 Å². The van der Waals surface area contributed by atoms with Crippen molar-refractivity contribution >= 4 is 23.2 Å². The fraction of sp³-hybridized carbons (Fsp3) is 0.429. The van der Waals surface area contributed by atoms with Crippen LogP contribution in [-0.2, 0) is 4.79 Å². The quantitative estimate of drug-likeness (QED) is 0.893. The Morgan fingerprint density at radius 3 is 2.68 bits per heavy atom. The first kappa shape index (κ1) is 15.5. The van der Waals surface area contributed by atoms with Gasteiger partial charge in [-0.1, -0.05) is 32.4 Å². The van der Waals surface area contributed by atoms with Crippen LogP contribution in [0, 0.1) is 16.7 Å². The number of nitrogens with one attached hydrogen (secondary N) is 1. The highest BCUT2D eigenvalue weighted by atomic mass is 35.5. The van der Waals surface area contributed by atoms with Crippen LogP contribution in [0.3, 0.4) is 0 Å². The molecule has 0 saturated carbocycles. The van der Waals surface area contributed by atoms with Crippen LogP contribution >= 0.6 is 11.6 Å². The van der Waals surface area contributed by atoms with Gasteiger partial charge in [-0.15, -0.1) is 0 Å². The normalized spacial score (nSPS) is 12.6. The molecule has 1 aromatic carbocycles. The number of nitriles is 1. The lowest BCUT2D eigenvalue weighted by Gasteiger charge is -2.26. The number of carbonyl (C=O) groups is 1. The van der Waals surface area contributed by atoms with E-state index < -0.39 is 0 Å². The SMILES string of the molecule is CC(C)(C)C(N)CC(=O)Nc1cc(C#N)ccc1Cl. The molecule has 0 aromatic heterocycles. The number of benzene rings is 1. The van der Waals surface area contributed by atoms with E-state index in [4.69, 9.17) is 22.6 Å². The second kappa shape index (κ2) is 6.05. The summed E-state index contributed by atoms with van der Waals surface area (Å²) in [6, 6.07) is 6.48. The van der Waals surface area contributed by atoms with E-state index in [1.165, 1.54) is 0 Å². The highest BCUT2D eigenvalue weighted by Gasteiger charge is 2.23. The van der Waals surface area contributed by atoms with Crippen LogP contribution in [-0.4, -0.2) is 11.9 Å². The Bertz CT molecular complexity index is 514. The Hall–Kier alpha value is -1.57. The van der Waals surface area contributed by atoms with Crippen molar-refractivity contribution in [2.24, 2.45) is 11.1 Å². The zero-order valence-electron chi connectivity index (χ0n) is 11.3. The highest BCUT2D eigenvalue weighted by molar-refractivity contribution is 6.33. The van der Waals surface area contributed by atoms with E-state index in [0.29, 0.717) is 16.3 Å². The third-order valence-electron chi connectivity index (χ3n) is 2.89. The van der Waals surface area contributed by atoms with Gasteiger partial charge < -0.3 is 11.1 Å². The van der Waals surface area contributed by atoms with Gasteiger partial charge in [0.25, 0.3) is 0 Å². The molecule has 1 atom stereocenters. The van der Waals surface area contributed by atoms with Crippen LogP contribution in [0.2, 0.25) is 5.02 Å². The topological polar surface area (TPSA) is 78.9 Å². The van der Waals surface area contributed by atoms with E-state index in [2.05, 4.69) is 5.32 Å². The summed E-state index contributed by atoms with van der Waals surface area (Å²) in [5, 5.41) is 11.9. The molecule has 0 aliphatic carbocycles. The molecule has 4 nitrogen and oxygen atoms in total. The summed E-state index contributed by atoms with van der Waals surface area (Å²) < 4.78 is 0. The summed E-state index contributed by atoms with van der Waals surface area (Å²) in [4.78, 5) is 11.9. The molecule has 1 unspecified atom stereocenters. The molecular formula is C14H18ClN3O. The monoisotopic (exact) mass is 279 g/mol. The molecular weight excluding hydrogens is 262 g/mol. The molecule has 1 amide bonds. The molecule has 0 aliphatic heterocycles. The third-order valence-corrected chi connectivity index (χ3v) is 3.22. The van der Waals surface area contributed by atoms with Gasteiger partial charge in [0.05, 0.1) is 22.3 Å². The van der Waals surface area contributed by atoms with E-state index in [1.807, 2.05) is 26.8 Å². The van der Waals surface area contributed by atoms with Gasteiger partial charge in [-0.25, -0.2) is 0 Å². The van der Waals surface area contributed by atoms with Crippen molar-refractivity contribution in [1.82, 2.24) is 0 Å². The molecule has 0 aliphatic rings. The average Bonchev–Trinajstić information content (AvgIpc) is 2.30. The molecule has 102 valence electrons. The first-order chi connectivity index (χ1) is 8.74. The maximum absolute atomic E-state index is 11.9. The first-order valence-corrected chi connectivity index (χ1v) is 6.37. The minimum Gasteiger partial charge on any atom is -0.327 e. The van der Waals surface area contributed by atoms with Gasteiger partial charge in [-0.05, 0) is 23.6 Å². The molecule has 1 rings (SSSR count). The van der Waals surface area contributed by atoms with Gasteiger partial charge in [0.1, 0.15) is 0 Å². The number of rotatable bonds is 3. The molecule has 0 fully saturated rings. The molecule has 0 saturated heterocycles. The Balaban J connectivity index is 2.75. The lowest BCUT2D eigenvalue weighted by atomic mass is 9.85. The second-order valence-electron chi connectivity index (χ2n) is 5.53. The molecule has 0 bridgehead atoms. The fourth-order valence-corrected chi connectivity index (χ4v) is 1.56. The maximum Gasteiger partial charge on any atom is 0.225 e. The molecule has 19 heavy (non-hydrogen) atoms. The van der Waals surface area contributed by atoms with Gasteiger partial charge in [-0.3, -0.25) is 4.79 Å². The second-order valence-corrected chi connectivity index (χ2v) is 5.94. The van der Waals surface area contributed by atoms with Crippen molar-refractivity contribution in [3.63, 3.8) is 0 Å². The molecule has 0 spiro atoms. The molecule has 0 heterocycles. The van der Waals surface area contributed by atoms with Crippen LogP contribution < -0.4 is 11.1 Å². The number of nitrogens with zero attached hydrogens (tertiary/aromatic N) is 1. The number of amides is 1. The van der Waals surface area contributed by atoms with E-state index in [0.717, 1.165) is 0 Å². The highest BCUT2D eigenvalue weighted by Crippen LogP contribution is 2.24. The van der Waals surface area contributed by atoms with E-state index in [1.54, 1.807) is 18.2 Å². The Morgan fingerprint density at radius 1 is 1.53 bits per heavy atom. The zero-order chi connectivity index (χ0) is 14.6. The van der Waals surface area contributed by atoms with Crippen LogP contribution in [0.4, 0.5) is 5.69 Å². The van der Waals surface area contributed by atoms with Crippen LogP contribution in [0.1, 0.15) is 32.8 Å². The van der Waals surface area contributed by atoms with Crippen molar-refractivity contribution in [2.75, 3.05) is 5.32 Å². The summed E-state index contributed by atoms with van der Waals surface area (Å²) in [6.45, 7) is 5.94. The largest absolute Gasteiger partial charge is 0.327 e. The molecule has 0 radical (unpaired) electrons. The molecule has 1 aromatic rings. The van der Waals surface area contributed by atoms with Gasteiger partial charge in [-0.2, -0.15) is 5.26 Å². The van der Waals surface area contributed by atoms with E-state index in [-0.39, 0.29) is 23.8 Å².